The van der Waals surface area contributed by atoms with E-state index >= 15 is 0 Å². The molecule has 0 aromatic carbocycles. The highest BCUT2D eigenvalue weighted by molar-refractivity contribution is 5.46. The number of hydrogen-bond donors (Lipinski definition) is 1. The molecule has 0 atom stereocenters. The summed E-state index contributed by atoms with van der Waals surface area (Å²) in [6.45, 7) is 5.51. The predicted octanol–water partition coefficient (Wildman–Crippen LogP) is 1.70. The van der Waals surface area contributed by atoms with E-state index in [4.69, 9.17) is 4.74 Å². The number of hydrogen-bond acceptors (Lipinski definition) is 4. The third kappa shape index (κ3) is 2.59. The van der Waals surface area contributed by atoms with E-state index in [-0.39, 0.29) is 0 Å². The monoisotopic (exact) mass is 207 g/mol. The minimum Gasteiger partial charge on any atom is -0.370 e. The van der Waals surface area contributed by atoms with E-state index in [9.17, 15) is 0 Å². The maximum Gasteiger partial charge on any atom is 0.132 e. The molecule has 0 unspecified atom stereocenters. The molecule has 1 N–H and O–H groups in total. The number of aromatic nitrogens is 1. The van der Waals surface area contributed by atoms with Crippen LogP contribution in [0.15, 0.2) is 18.2 Å². The molecule has 1 aromatic rings. The van der Waals surface area contributed by atoms with Crippen molar-refractivity contribution in [3.8, 4) is 0 Å². The zero-order valence-corrected chi connectivity index (χ0v) is 9.07. The van der Waals surface area contributed by atoms with E-state index in [1.165, 1.54) is 0 Å². The highest BCUT2D eigenvalue weighted by Gasteiger charge is 2.12. The average molecular weight is 207 g/mol. The molecule has 0 radical (unpaired) electrons. The smallest absolute Gasteiger partial charge is 0.132 e. The van der Waals surface area contributed by atoms with Gasteiger partial charge < -0.3 is 15.0 Å². The van der Waals surface area contributed by atoms with Gasteiger partial charge in [-0.3, -0.25) is 0 Å². The van der Waals surface area contributed by atoms with Gasteiger partial charge in [-0.1, -0.05) is 6.07 Å². The SMILES string of the molecule is CCNc1cccc(N2CCCOC2)n1. The van der Waals surface area contributed by atoms with Crippen molar-refractivity contribution in [2.45, 2.75) is 13.3 Å². The summed E-state index contributed by atoms with van der Waals surface area (Å²) >= 11 is 0. The predicted molar refractivity (Wildman–Crippen MR) is 61.2 cm³/mol. The number of anilines is 2. The van der Waals surface area contributed by atoms with Gasteiger partial charge in [0, 0.05) is 13.1 Å². The minimum absolute atomic E-state index is 0.655. The summed E-state index contributed by atoms with van der Waals surface area (Å²) in [6, 6.07) is 6.03. The molecular formula is C11H17N3O. The lowest BCUT2D eigenvalue weighted by molar-refractivity contribution is 0.106. The average Bonchev–Trinajstić information content (AvgIpc) is 2.31. The van der Waals surface area contributed by atoms with Crippen molar-refractivity contribution in [2.24, 2.45) is 0 Å². The first-order valence-electron chi connectivity index (χ1n) is 5.44. The topological polar surface area (TPSA) is 37.4 Å². The first kappa shape index (κ1) is 10.2. The van der Waals surface area contributed by atoms with Gasteiger partial charge in [0.15, 0.2) is 0 Å². The van der Waals surface area contributed by atoms with E-state index in [1.807, 2.05) is 18.2 Å². The van der Waals surface area contributed by atoms with Crippen molar-refractivity contribution in [1.82, 2.24) is 4.98 Å². The largest absolute Gasteiger partial charge is 0.370 e. The van der Waals surface area contributed by atoms with Crippen LogP contribution in [0.25, 0.3) is 0 Å². The van der Waals surface area contributed by atoms with Crippen LogP contribution in [-0.4, -0.2) is 31.4 Å². The summed E-state index contributed by atoms with van der Waals surface area (Å²) in [7, 11) is 0. The Morgan fingerprint density at radius 1 is 1.53 bits per heavy atom. The van der Waals surface area contributed by atoms with Crippen LogP contribution >= 0.6 is 0 Å². The van der Waals surface area contributed by atoms with Gasteiger partial charge in [0.25, 0.3) is 0 Å². The Hall–Kier alpha value is -1.29. The fourth-order valence-corrected chi connectivity index (χ4v) is 1.66. The summed E-state index contributed by atoms with van der Waals surface area (Å²) in [5.74, 6) is 1.92. The van der Waals surface area contributed by atoms with Crippen molar-refractivity contribution in [3.05, 3.63) is 18.2 Å². The van der Waals surface area contributed by atoms with E-state index in [0.29, 0.717) is 6.73 Å². The minimum atomic E-state index is 0.655. The molecule has 2 heterocycles. The second-order valence-corrected chi connectivity index (χ2v) is 3.57. The van der Waals surface area contributed by atoms with Gasteiger partial charge in [-0.2, -0.15) is 0 Å². The normalized spacial score (nSPS) is 16.5. The van der Waals surface area contributed by atoms with Crippen LogP contribution in [0.2, 0.25) is 0 Å². The molecule has 15 heavy (non-hydrogen) atoms. The van der Waals surface area contributed by atoms with Crippen LogP contribution in [0, 0.1) is 0 Å². The molecule has 0 spiro atoms. The molecule has 2 rings (SSSR count). The van der Waals surface area contributed by atoms with Crippen LogP contribution in [-0.2, 0) is 4.74 Å². The lowest BCUT2D eigenvalue weighted by atomic mass is 10.3. The number of nitrogens with zero attached hydrogens (tertiary/aromatic N) is 2. The first-order chi connectivity index (χ1) is 7.40. The van der Waals surface area contributed by atoms with E-state index in [2.05, 4.69) is 22.1 Å². The second-order valence-electron chi connectivity index (χ2n) is 3.57. The fourth-order valence-electron chi connectivity index (χ4n) is 1.66. The highest BCUT2D eigenvalue weighted by Crippen LogP contribution is 2.16. The Morgan fingerprint density at radius 2 is 2.47 bits per heavy atom. The van der Waals surface area contributed by atoms with Crippen molar-refractivity contribution in [3.63, 3.8) is 0 Å². The number of rotatable bonds is 3. The van der Waals surface area contributed by atoms with Crippen LogP contribution in [0.3, 0.4) is 0 Å². The van der Waals surface area contributed by atoms with Crippen LogP contribution < -0.4 is 10.2 Å². The molecule has 0 saturated carbocycles. The molecule has 0 aliphatic carbocycles. The quantitative estimate of drug-likeness (QED) is 0.818. The molecule has 0 amide bonds. The third-order valence-electron chi connectivity index (χ3n) is 2.38. The Bertz CT molecular complexity index is 310. The van der Waals surface area contributed by atoms with E-state index < -0.39 is 0 Å². The van der Waals surface area contributed by atoms with Crippen LogP contribution in [0.4, 0.5) is 11.6 Å². The van der Waals surface area contributed by atoms with E-state index in [0.717, 1.165) is 37.8 Å². The number of pyridine rings is 1. The Morgan fingerprint density at radius 3 is 3.20 bits per heavy atom. The summed E-state index contributed by atoms with van der Waals surface area (Å²) < 4.78 is 5.40. The van der Waals surface area contributed by atoms with Gasteiger partial charge in [0.1, 0.15) is 18.4 Å². The summed E-state index contributed by atoms with van der Waals surface area (Å²) in [4.78, 5) is 6.68. The molecule has 1 fully saturated rings. The molecule has 0 bridgehead atoms. The van der Waals surface area contributed by atoms with Crippen molar-refractivity contribution in [1.29, 1.82) is 0 Å². The standard InChI is InChI=1S/C11H17N3O/c1-2-12-10-5-3-6-11(13-10)14-7-4-8-15-9-14/h3,5-6H,2,4,7-9H2,1H3,(H,12,13). The Balaban J connectivity index is 2.09. The van der Waals surface area contributed by atoms with Crippen molar-refractivity contribution >= 4 is 11.6 Å². The van der Waals surface area contributed by atoms with Gasteiger partial charge in [-0.05, 0) is 25.5 Å². The fraction of sp³-hybridized carbons (Fsp3) is 0.545. The van der Waals surface area contributed by atoms with Crippen molar-refractivity contribution in [2.75, 3.05) is 36.6 Å². The second kappa shape index (κ2) is 4.98. The zero-order valence-electron chi connectivity index (χ0n) is 9.07. The number of nitrogens with one attached hydrogen (secondary N) is 1. The van der Waals surface area contributed by atoms with E-state index in [1.54, 1.807) is 0 Å². The molecule has 1 aliphatic rings. The molecular weight excluding hydrogens is 190 g/mol. The zero-order chi connectivity index (χ0) is 10.5. The summed E-state index contributed by atoms with van der Waals surface area (Å²) in [5, 5.41) is 3.21. The lowest BCUT2D eigenvalue weighted by Gasteiger charge is -2.27. The highest BCUT2D eigenvalue weighted by atomic mass is 16.5. The Kier molecular flexibility index (Phi) is 3.40. The van der Waals surface area contributed by atoms with Gasteiger partial charge >= 0.3 is 0 Å². The van der Waals surface area contributed by atoms with Crippen LogP contribution in [0.5, 0.6) is 0 Å². The maximum absolute atomic E-state index is 5.40. The van der Waals surface area contributed by atoms with Gasteiger partial charge in [-0.15, -0.1) is 0 Å². The van der Waals surface area contributed by atoms with Gasteiger partial charge in [0.05, 0.1) is 6.61 Å². The molecule has 4 nitrogen and oxygen atoms in total. The molecule has 1 saturated heterocycles. The third-order valence-corrected chi connectivity index (χ3v) is 2.38. The van der Waals surface area contributed by atoms with Crippen molar-refractivity contribution < 1.29 is 4.74 Å². The number of ether oxygens (including phenoxy) is 1. The molecule has 82 valence electrons. The molecule has 1 aromatic heterocycles. The van der Waals surface area contributed by atoms with Gasteiger partial charge in [0.2, 0.25) is 0 Å². The lowest BCUT2D eigenvalue weighted by Crippen LogP contribution is -2.33. The first-order valence-corrected chi connectivity index (χ1v) is 5.44. The van der Waals surface area contributed by atoms with Crippen LogP contribution in [0.1, 0.15) is 13.3 Å². The molecule has 4 heteroatoms. The maximum atomic E-state index is 5.40. The van der Waals surface area contributed by atoms with Gasteiger partial charge in [-0.25, -0.2) is 4.98 Å². The summed E-state index contributed by atoms with van der Waals surface area (Å²) in [5.41, 5.74) is 0. The molecule has 1 aliphatic heterocycles. The Labute approximate surface area is 90.3 Å². The summed E-state index contributed by atoms with van der Waals surface area (Å²) in [6.07, 6.45) is 1.08.